The maximum absolute atomic E-state index is 6.06. The van der Waals surface area contributed by atoms with Gasteiger partial charge in [0.1, 0.15) is 5.82 Å². The molecule has 0 saturated heterocycles. The Morgan fingerprint density at radius 2 is 0.511 bits per heavy atom. The third kappa shape index (κ3) is 9.49. The summed E-state index contributed by atoms with van der Waals surface area (Å²) >= 11 is 0. The van der Waals surface area contributed by atoms with E-state index in [1.165, 1.54) is 69.3 Å². The van der Waals surface area contributed by atoms with Gasteiger partial charge in [0.05, 0.1) is 27.8 Å². The molecule has 6 heteroatoms. The SMILES string of the molecule is c1ccc(-c2cccc([Si](c3ccccc3)(c3ccccc3)c3cc(-c4cc(-n5c6ccccc6c6ccccc65)nc(-n5c6ccccc6c6cc(-c7ccccc7)ccc65)n4)cc([Si](c4ccccc4)(c4ccccc4)c4cccc(-c5ccccc5)c4)c3)c2)cc1. The Hall–Kier alpha value is -11.8. The van der Waals surface area contributed by atoms with Crippen LogP contribution in [0.5, 0.6) is 0 Å². The number of fused-ring (bicyclic) bond motifs is 6. The van der Waals surface area contributed by atoms with Gasteiger partial charge in [-0.3, -0.25) is 9.13 Å². The minimum Gasteiger partial charge on any atom is -0.294 e. The van der Waals surface area contributed by atoms with Crippen molar-refractivity contribution in [2.45, 2.75) is 0 Å². The van der Waals surface area contributed by atoms with Gasteiger partial charge in [0.25, 0.3) is 0 Å². The summed E-state index contributed by atoms with van der Waals surface area (Å²) in [6.45, 7) is 0. The molecule has 0 fully saturated rings. The summed E-state index contributed by atoms with van der Waals surface area (Å²) in [6, 6.07) is 140. The zero-order valence-corrected chi connectivity index (χ0v) is 53.6. The van der Waals surface area contributed by atoms with Crippen LogP contribution in [0.4, 0.5) is 0 Å². The fraction of sp³-hybridized carbons (Fsp3) is 0. The van der Waals surface area contributed by atoms with Crippen LogP contribution in [0.3, 0.4) is 0 Å². The van der Waals surface area contributed by atoms with Crippen LogP contribution < -0.4 is 41.5 Å². The zero-order valence-electron chi connectivity index (χ0n) is 51.6. The standard InChI is InChI=1S/C88H62N4Si2/c1-8-30-63(31-9-1)66-36-28-46-74(56-66)93(70-38-14-4-15-39-70,71-40-16-5-17-41-71)76-58-69(59-77(61-76)94(72-42-18-6-19-43-72,73-44-20-7-21-45-73)75-47-29-37-67(57-75)64-32-10-2-11-33-64)82-62-87(91-83-51-25-22-48-78(83)79-49-23-26-52-84(79)91)90-88(89-82)92-85-53-27-24-50-80(85)81-60-68(54-55-86(81)92)65-34-12-3-13-35-65/h1-62H. The molecule has 17 aromatic rings. The van der Waals surface area contributed by atoms with Gasteiger partial charge >= 0.3 is 0 Å². The first-order valence-electron chi connectivity index (χ1n) is 32.3. The van der Waals surface area contributed by atoms with Crippen molar-refractivity contribution in [1.29, 1.82) is 0 Å². The predicted octanol–water partition coefficient (Wildman–Crippen LogP) is 16.1. The van der Waals surface area contributed by atoms with Gasteiger partial charge in [0, 0.05) is 33.2 Å². The monoisotopic (exact) mass is 1230 g/mol. The Kier molecular flexibility index (Phi) is 14.2. The highest BCUT2D eigenvalue weighted by molar-refractivity contribution is 7.22. The summed E-state index contributed by atoms with van der Waals surface area (Å²) in [5.41, 5.74) is 13.0. The molecule has 0 spiro atoms. The zero-order chi connectivity index (χ0) is 62.4. The summed E-state index contributed by atoms with van der Waals surface area (Å²) in [7, 11) is -6.90. The highest BCUT2D eigenvalue weighted by Crippen LogP contribution is 2.38. The molecule has 0 radical (unpaired) electrons. The second kappa shape index (κ2) is 23.8. The molecule has 0 aliphatic carbocycles. The minimum atomic E-state index is -3.45. The average Bonchev–Trinajstić information content (AvgIpc) is 0.930. The molecule has 3 aromatic heterocycles. The third-order valence-corrected chi connectivity index (χ3v) is 28.7. The Balaban J connectivity index is 1.05. The van der Waals surface area contributed by atoms with Crippen LogP contribution in [0.25, 0.3) is 100 Å². The maximum Gasteiger partial charge on any atom is 0.237 e. The van der Waals surface area contributed by atoms with Crippen molar-refractivity contribution in [3.8, 4) is 56.4 Å². The van der Waals surface area contributed by atoms with Crippen LogP contribution in [0.2, 0.25) is 0 Å². The first-order valence-corrected chi connectivity index (χ1v) is 36.3. The second-order valence-electron chi connectivity index (χ2n) is 24.4. The highest BCUT2D eigenvalue weighted by Gasteiger charge is 2.46. The van der Waals surface area contributed by atoms with Gasteiger partial charge in [-0.05, 0) is 105 Å². The molecule has 0 aliphatic rings. The van der Waals surface area contributed by atoms with E-state index in [4.69, 9.17) is 9.97 Å². The molecular formula is C88H62N4Si2. The lowest BCUT2D eigenvalue weighted by Gasteiger charge is -2.38. The van der Waals surface area contributed by atoms with Crippen LogP contribution in [0.15, 0.2) is 376 Å². The van der Waals surface area contributed by atoms with E-state index in [9.17, 15) is 0 Å². The quantitative estimate of drug-likeness (QED) is 0.0803. The molecule has 94 heavy (non-hydrogen) atoms. The molecule has 0 amide bonds. The van der Waals surface area contributed by atoms with E-state index in [1.807, 2.05) is 0 Å². The van der Waals surface area contributed by atoms with E-state index in [1.54, 1.807) is 0 Å². The fourth-order valence-corrected chi connectivity index (χ4v) is 24.9. The molecule has 0 aliphatic heterocycles. The van der Waals surface area contributed by atoms with Gasteiger partial charge in [0.2, 0.25) is 5.95 Å². The van der Waals surface area contributed by atoms with Crippen LogP contribution in [0, 0.1) is 0 Å². The Bertz CT molecular complexity index is 5280. The van der Waals surface area contributed by atoms with Gasteiger partial charge in [0.15, 0.2) is 16.1 Å². The second-order valence-corrected chi connectivity index (χ2v) is 32.0. The molecule has 0 atom stereocenters. The van der Waals surface area contributed by atoms with E-state index < -0.39 is 16.1 Å². The van der Waals surface area contributed by atoms with Crippen molar-refractivity contribution in [3.05, 3.63) is 376 Å². The van der Waals surface area contributed by atoms with E-state index >= 15 is 0 Å². The molecule has 0 bridgehead atoms. The number of aromatic nitrogens is 4. The van der Waals surface area contributed by atoms with Gasteiger partial charge in [-0.1, -0.05) is 340 Å². The lowest BCUT2D eigenvalue weighted by Crippen LogP contribution is -2.78. The van der Waals surface area contributed by atoms with Crippen LogP contribution in [-0.4, -0.2) is 35.2 Å². The Morgan fingerprint density at radius 1 is 0.191 bits per heavy atom. The number of hydrogen-bond acceptors (Lipinski definition) is 2. The summed E-state index contributed by atoms with van der Waals surface area (Å²) in [6.07, 6.45) is 0. The van der Waals surface area contributed by atoms with E-state index in [2.05, 4.69) is 385 Å². The predicted molar refractivity (Wildman–Crippen MR) is 400 cm³/mol. The average molecular weight is 1230 g/mol. The summed E-state index contributed by atoms with van der Waals surface area (Å²) in [4.78, 5) is 11.9. The van der Waals surface area contributed by atoms with Crippen molar-refractivity contribution in [3.63, 3.8) is 0 Å². The molecule has 17 rings (SSSR count). The molecule has 14 aromatic carbocycles. The molecule has 0 saturated carbocycles. The minimum absolute atomic E-state index is 0.579. The molecular weight excluding hydrogens is 1170 g/mol. The van der Waals surface area contributed by atoms with Crippen molar-refractivity contribution >= 4 is 101 Å². The number of para-hydroxylation sites is 3. The normalized spacial score (nSPS) is 11.8. The Labute approximate surface area is 549 Å². The van der Waals surface area contributed by atoms with Crippen LogP contribution in [-0.2, 0) is 0 Å². The van der Waals surface area contributed by atoms with Gasteiger partial charge < -0.3 is 0 Å². The fourth-order valence-electron chi connectivity index (χ4n) is 15.0. The number of rotatable bonds is 14. The molecule has 4 nitrogen and oxygen atoms in total. The molecule has 3 heterocycles. The molecule has 442 valence electrons. The summed E-state index contributed by atoms with van der Waals surface area (Å²) in [5.74, 6) is 1.35. The lowest BCUT2D eigenvalue weighted by molar-refractivity contribution is 0.952. The van der Waals surface area contributed by atoms with Gasteiger partial charge in [-0.25, -0.2) is 4.98 Å². The van der Waals surface area contributed by atoms with Crippen LogP contribution in [0.1, 0.15) is 0 Å². The topological polar surface area (TPSA) is 35.6 Å². The van der Waals surface area contributed by atoms with E-state index in [-0.39, 0.29) is 0 Å². The third-order valence-electron chi connectivity index (χ3n) is 19.2. The lowest BCUT2D eigenvalue weighted by atomic mass is 10.0. The van der Waals surface area contributed by atoms with Gasteiger partial charge in [-0.2, -0.15) is 4.98 Å². The highest BCUT2D eigenvalue weighted by atomic mass is 28.3. The van der Waals surface area contributed by atoms with Crippen molar-refractivity contribution in [2.24, 2.45) is 0 Å². The summed E-state index contributed by atoms with van der Waals surface area (Å²) in [5, 5.41) is 14.7. The smallest absolute Gasteiger partial charge is 0.237 e. The molecule has 0 unspecified atom stereocenters. The number of hydrogen-bond donors (Lipinski definition) is 0. The number of nitrogens with zero attached hydrogens (tertiary/aromatic N) is 4. The largest absolute Gasteiger partial charge is 0.294 e. The van der Waals surface area contributed by atoms with Crippen molar-refractivity contribution < 1.29 is 0 Å². The number of benzene rings is 14. The van der Waals surface area contributed by atoms with Gasteiger partial charge in [-0.15, -0.1) is 0 Å². The van der Waals surface area contributed by atoms with Crippen molar-refractivity contribution in [2.75, 3.05) is 0 Å². The molecule has 0 N–H and O–H groups in total. The maximum atomic E-state index is 6.06. The van der Waals surface area contributed by atoms with E-state index in [0.29, 0.717) is 5.95 Å². The summed E-state index contributed by atoms with van der Waals surface area (Å²) < 4.78 is 4.66. The first kappa shape index (κ1) is 56.2. The van der Waals surface area contributed by atoms with Crippen LogP contribution >= 0.6 is 0 Å². The van der Waals surface area contributed by atoms with E-state index in [0.717, 1.165) is 66.3 Å². The Morgan fingerprint density at radius 3 is 0.936 bits per heavy atom. The van der Waals surface area contributed by atoms with Crippen molar-refractivity contribution in [1.82, 2.24) is 19.1 Å². The first-order chi connectivity index (χ1) is 46.6.